The van der Waals surface area contributed by atoms with Crippen molar-refractivity contribution in [2.75, 3.05) is 11.9 Å². The van der Waals surface area contributed by atoms with Crippen LogP contribution in [0.2, 0.25) is 0 Å². The lowest BCUT2D eigenvalue weighted by Gasteiger charge is -2.21. The van der Waals surface area contributed by atoms with Gasteiger partial charge in [-0.05, 0) is 17.2 Å². The summed E-state index contributed by atoms with van der Waals surface area (Å²) in [6, 6.07) is 25.6. The van der Waals surface area contributed by atoms with Crippen LogP contribution >= 0.6 is 0 Å². The Kier molecular flexibility index (Phi) is 6.34. The van der Waals surface area contributed by atoms with Crippen LogP contribution in [0, 0.1) is 21.4 Å². The van der Waals surface area contributed by atoms with Gasteiger partial charge in [-0.15, -0.1) is 0 Å². The number of anilines is 1. The van der Waals surface area contributed by atoms with E-state index in [0.717, 1.165) is 11.1 Å². The molecule has 0 aliphatic heterocycles. The van der Waals surface area contributed by atoms with Gasteiger partial charge in [0.05, 0.1) is 35.4 Å². The molecule has 0 radical (unpaired) electrons. The summed E-state index contributed by atoms with van der Waals surface area (Å²) in [6.45, 7) is 0.845. The maximum Gasteiger partial charge on any atom is 0.270 e. The Hall–Kier alpha value is -3.69. The highest BCUT2D eigenvalue weighted by molar-refractivity contribution is 5.62. The third-order valence-electron chi connectivity index (χ3n) is 4.26. The fourth-order valence-electron chi connectivity index (χ4n) is 2.83. The highest BCUT2D eigenvalue weighted by Gasteiger charge is 2.16. The first kappa shape index (κ1) is 19.1. The van der Waals surface area contributed by atoms with Crippen LogP contribution in [-0.2, 0) is 11.3 Å². The number of rotatable bonds is 8. The molecule has 0 aliphatic rings. The van der Waals surface area contributed by atoms with Crippen molar-refractivity contribution in [2.45, 2.75) is 12.6 Å². The molecular formula is C22H19N3O3. The number of hydrogen-bond donors (Lipinski definition) is 1. The van der Waals surface area contributed by atoms with E-state index in [9.17, 15) is 15.4 Å². The van der Waals surface area contributed by atoms with E-state index in [1.54, 1.807) is 6.07 Å². The zero-order valence-corrected chi connectivity index (χ0v) is 15.1. The molecule has 0 amide bonds. The van der Waals surface area contributed by atoms with E-state index in [4.69, 9.17) is 4.74 Å². The van der Waals surface area contributed by atoms with Crippen LogP contribution in [-0.4, -0.2) is 11.5 Å². The molecule has 140 valence electrons. The summed E-state index contributed by atoms with van der Waals surface area (Å²) in [5.74, 6) is 0. The fraction of sp³-hybridized carbons (Fsp3) is 0.136. The van der Waals surface area contributed by atoms with Crippen LogP contribution in [0.1, 0.15) is 22.7 Å². The molecule has 6 heteroatoms. The number of hydrogen-bond acceptors (Lipinski definition) is 5. The van der Waals surface area contributed by atoms with Crippen molar-refractivity contribution in [1.29, 1.82) is 5.26 Å². The third-order valence-corrected chi connectivity index (χ3v) is 4.26. The van der Waals surface area contributed by atoms with Crippen LogP contribution in [0.3, 0.4) is 0 Å². The van der Waals surface area contributed by atoms with E-state index in [2.05, 4.69) is 5.32 Å². The molecule has 0 saturated heterocycles. The van der Waals surface area contributed by atoms with Gasteiger partial charge >= 0.3 is 0 Å². The monoisotopic (exact) mass is 373 g/mol. The van der Waals surface area contributed by atoms with Crippen LogP contribution in [0.15, 0.2) is 78.9 Å². The van der Waals surface area contributed by atoms with Gasteiger partial charge in [0.2, 0.25) is 0 Å². The zero-order valence-electron chi connectivity index (χ0n) is 15.1. The summed E-state index contributed by atoms with van der Waals surface area (Å²) in [4.78, 5) is 10.4. The molecule has 3 aromatic carbocycles. The van der Waals surface area contributed by atoms with Crippen LogP contribution < -0.4 is 5.32 Å². The Morgan fingerprint density at radius 1 is 1.04 bits per heavy atom. The summed E-state index contributed by atoms with van der Waals surface area (Å²) in [7, 11) is 0. The van der Waals surface area contributed by atoms with Crippen LogP contribution in [0.25, 0.3) is 0 Å². The maximum absolute atomic E-state index is 11.0. The topological polar surface area (TPSA) is 88.2 Å². The number of nitrogens with one attached hydrogen (secondary N) is 1. The molecule has 0 heterocycles. The minimum absolute atomic E-state index is 0.112. The summed E-state index contributed by atoms with van der Waals surface area (Å²) < 4.78 is 5.89. The predicted molar refractivity (Wildman–Crippen MR) is 107 cm³/mol. The molecule has 1 atom stereocenters. The number of ether oxygens (including phenoxy) is 1. The lowest BCUT2D eigenvalue weighted by molar-refractivity contribution is -0.384. The van der Waals surface area contributed by atoms with Gasteiger partial charge in [0.25, 0.3) is 5.69 Å². The van der Waals surface area contributed by atoms with Crippen molar-refractivity contribution in [1.82, 2.24) is 0 Å². The SMILES string of the molecule is N#Cc1cc([N+](=O)[O-])ccc1NC(COCc1ccccc1)c1ccccc1. The predicted octanol–water partition coefficient (Wildman–Crippen LogP) is 4.84. The summed E-state index contributed by atoms with van der Waals surface area (Å²) >= 11 is 0. The van der Waals surface area contributed by atoms with E-state index >= 15 is 0 Å². The normalized spacial score (nSPS) is 11.4. The molecule has 3 rings (SSSR count). The highest BCUT2D eigenvalue weighted by Crippen LogP contribution is 2.26. The molecular weight excluding hydrogens is 354 g/mol. The molecule has 0 saturated carbocycles. The van der Waals surface area contributed by atoms with Crippen molar-refractivity contribution in [3.63, 3.8) is 0 Å². The van der Waals surface area contributed by atoms with Gasteiger partial charge in [-0.1, -0.05) is 60.7 Å². The van der Waals surface area contributed by atoms with Gasteiger partial charge in [0.1, 0.15) is 6.07 Å². The van der Waals surface area contributed by atoms with Gasteiger partial charge in [0.15, 0.2) is 0 Å². The molecule has 1 unspecified atom stereocenters. The maximum atomic E-state index is 11.0. The lowest BCUT2D eigenvalue weighted by atomic mass is 10.1. The fourth-order valence-corrected chi connectivity index (χ4v) is 2.83. The van der Waals surface area contributed by atoms with Gasteiger partial charge < -0.3 is 10.1 Å². The van der Waals surface area contributed by atoms with Crippen molar-refractivity contribution in [3.8, 4) is 6.07 Å². The second-order valence-corrected chi connectivity index (χ2v) is 6.21. The van der Waals surface area contributed by atoms with E-state index in [1.165, 1.54) is 12.1 Å². The molecule has 6 nitrogen and oxygen atoms in total. The van der Waals surface area contributed by atoms with Crippen LogP contribution in [0.4, 0.5) is 11.4 Å². The Bertz CT molecular complexity index is 969. The molecule has 1 N–H and O–H groups in total. The molecule has 0 bridgehead atoms. The van der Waals surface area contributed by atoms with E-state index < -0.39 is 4.92 Å². The third kappa shape index (κ3) is 4.93. The Labute approximate surface area is 163 Å². The molecule has 28 heavy (non-hydrogen) atoms. The number of benzene rings is 3. The van der Waals surface area contributed by atoms with Gasteiger partial charge in [-0.3, -0.25) is 10.1 Å². The molecule has 0 aromatic heterocycles. The number of nitriles is 1. The number of nitro benzene ring substituents is 1. The largest absolute Gasteiger partial charge is 0.375 e. The summed E-state index contributed by atoms with van der Waals surface area (Å²) in [5.41, 5.74) is 2.71. The molecule has 0 spiro atoms. The Morgan fingerprint density at radius 2 is 1.71 bits per heavy atom. The second kappa shape index (κ2) is 9.31. The van der Waals surface area contributed by atoms with Crippen molar-refractivity contribution in [3.05, 3.63) is 106 Å². The Balaban J connectivity index is 1.78. The minimum Gasteiger partial charge on any atom is -0.375 e. The average molecular weight is 373 g/mol. The van der Waals surface area contributed by atoms with E-state index in [0.29, 0.717) is 18.9 Å². The summed E-state index contributed by atoms with van der Waals surface area (Å²) in [5, 5.41) is 23.6. The number of nitro groups is 1. The average Bonchev–Trinajstić information content (AvgIpc) is 2.74. The molecule has 0 aliphatic carbocycles. The van der Waals surface area contributed by atoms with E-state index in [-0.39, 0.29) is 17.3 Å². The van der Waals surface area contributed by atoms with Crippen molar-refractivity contribution < 1.29 is 9.66 Å². The second-order valence-electron chi connectivity index (χ2n) is 6.21. The van der Waals surface area contributed by atoms with Gasteiger partial charge in [-0.25, -0.2) is 0 Å². The molecule has 3 aromatic rings. The Morgan fingerprint density at radius 3 is 2.36 bits per heavy atom. The number of nitrogens with zero attached hydrogens (tertiary/aromatic N) is 2. The van der Waals surface area contributed by atoms with Crippen LogP contribution in [0.5, 0.6) is 0 Å². The highest BCUT2D eigenvalue weighted by atomic mass is 16.6. The smallest absolute Gasteiger partial charge is 0.270 e. The van der Waals surface area contributed by atoms with Crippen molar-refractivity contribution in [2.24, 2.45) is 0 Å². The first-order chi connectivity index (χ1) is 13.7. The minimum atomic E-state index is -0.512. The summed E-state index contributed by atoms with van der Waals surface area (Å²) in [6.07, 6.45) is 0. The van der Waals surface area contributed by atoms with Gasteiger partial charge in [0, 0.05) is 12.1 Å². The van der Waals surface area contributed by atoms with Gasteiger partial charge in [-0.2, -0.15) is 5.26 Å². The first-order valence-corrected chi connectivity index (χ1v) is 8.79. The van der Waals surface area contributed by atoms with E-state index in [1.807, 2.05) is 66.7 Å². The first-order valence-electron chi connectivity index (χ1n) is 8.79. The molecule has 0 fully saturated rings. The van der Waals surface area contributed by atoms with Crippen molar-refractivity contribution >= 4 is 11.4 Å². The zero-order chi connectivity index (χ0) is 19.8. The quantitative estimate of drug-likeness (QED) is 0.451. The number of non-ortho nitro benzene ring substituents is 1. The lowest BCUT2D eigenvalue weighted by Crippen LogP contribution is -2.18. The standard InChI is InChI=1S/C22H19N3O3/c23-14-19-13-20(25(26)27)11-12-21(19)24-22(18-9-5-2-6-10-18)16-28-15-17-7-3-1-4-8-17/h1-13,22,24H,15-16H2.